The molecular weight excluding hydrogens is 271 g/mol. The van der Waals surface area contributed by atoms with Gasteiger partial charge in [0.1, 0.15) is 5.82 Å². The minimum Gasteiger partial charge on any atom is -0.396 e. The number of carbonyl (C=O) groups is 1. The van der Waals surface area contributed by atoms with Crippen LogP contribution in [-0.2, 0) is 11.2 Å². The van der Waals surface area contributed by atoms with Crippen LogP contribution < -0.4 is 5.73 Å². The van der Waals surface area contributed by atoms with Gasteiger partial charge in [-0.05, 0) is 24.1 Å². The third kappa shape index (κ3) is 2.89. The van der Waals surface area contributed by atoms with Gasteiger partial charge in [-0.2, -0.15) is 5.10 Å². The summed E-state index contributed by atoms with van der Waals surface area (Å²) in [4.78, 5) is 14.1. The smallest absolute Gasteiger partial charge is 0.227 e. The molecule has 1 aromatic heterocycles. The molecule has 0 saturated carbocycles. The number of halogens is 1. The molecule has 0 bridgehead atoms. The van der Waals surface area contributed by atoms with Gasteiger partial charge in [-0.15, -0.1) is 0 Å². The van der Waals surface area contributed by atoms with Crippen molar-refractivity contribution >= 4 is 11.6 Å². The number of H-pyrrole nitrogens is 1. The molecule has 2 aromatic rings. The summed E-state index contributed by atoms with van der Waals surface area (Å²) in [6.07, 6.45) is 2.68. The van der Waals surface area contributed by atoms with E-state index < -0.39 is 0 Å². The van der Waals surface area contributed by atoms with Crippen molar-refractivity contribution in [1.82, 2.24) is 15.1 Å². The third-order valence-corrected chi connectivity index (χ3v) is 3.89. The van der Waals surface area contributed by atoms with E-state index in [9.17, 15) is 9.18 Å². The second-order valence-electron chi connectivity index (χ2n) is 5.37. The number of hydrogen-bond acceptors (Lipinski definition) is 3. The number of nitrogens with one attached hydrogen (secondary N) is 1. The molecule has 3 rings (SSSR count). The Bertz CT molecular complexity index is 655. The minimum absolute atomic E-state index is 0.0150. The fourth-order valence-electron chi connectivity index (χ4n) is 2.79. The topological polar surface area (TPSA) is 75.0 Å². The number of amides is 1. The van der Waals surface area contributed by atoms with E-state index in [0.29, 0.717) is 24.3 Å². The molecule has 1 aliphatic rings. The second-order valence-corrected chi connectivity index (χ2v) is 5.37. The lowest BCUT2D eigenvalue weighted by molar-refractivity contribution is -0.129. The van der Waals surface area contributed by atoms with Crippen LogP contribution in [0, 0.1) is 5.82 Å². The molecule has 1 unspecified atom stereocenters. The van der Waals surface area contributed by atoms with E-state index in [1.54, 1.807) is 23.2 Å². The average Bonchev–Trinajstić information content (AvgIpc) is 3.07. The molecule has 2 heterocycles. The molecule has 1 fully saturated rings. The van der Waals surface area contributed by atoms with E-state index in [-0.39, 0.29) is 24.1 Å². The summed E-state index contributed by atoms with van der Waals surface area (Å²) in [7, 11) is 0. The maximum atomic E-state index is 13.1. The van der Waals surface area contributed by atoms with Crippen LogP contribution in [0.4, 0.5) is 10.1 Å². The number of nitrogens with zero attached hydrogens (tertiary/aromatic N) is 2. The molecule has 5 nitrogen and oxygen atoms in total. The third-order valence-electron chi connectivity index (χ3n) is 3.89. The Morgan fingerprint density at radius 1 is 1.52 bits per heavy atom. The monoisotopic (exact) mass is 288 g/mol. The van der Waals surface area contributed by atoms with Crippen molar-refractivity contribution in [3.05, 3.63) is 47.5 Å². The van der Waals surface area contributed by atoms with Gasteiger partial charge in [0, 0.05) is 19.0 Å². The molecule has 1 amide bonds. The van der Waals surface area contributed by atoms with Crippen LogP contribution in [0.5, 0.6) is 0 Å². The predicted molar refractivity (Wildman–Crippen MR) is 77.0 cm³/mol. The van der Waals surface area contributed by atoms with Crippen LogP contribution in [0.15, 0.2) is 30.5 Å². The summed E-state index contributed by atoms with van der Waals surface area (Å²) < 4.78 is 13.1. The molecule has 0 spiro atoms. The van der Waals surface area contributed by atoms with Gasteiger partial charge < -0.3 is 10.6 Å². The first-order valence-electron chi connectivity index (χ1n) is 6.94. The van der Waals surface area contributed by atoms with Crippen molar-refractivity contribution in [3.63, 3.8) is 0 Å². The summed E-state index contributed by atoms with van der Waals surface area (Å²) in [6, 6.07) is 6.16. The largest absolute Gasteiger partial charge is 0.396 e. The van der Waals surface area contributed by atoms with Crippen molar-refractivity contribution in [3.8, 4) is 0 Å². The first kappa shape index (κ1) is 13.6. The van der Waals surface area contributed by atoms with Gasteiger partial charge in [0.2, 0.25) is 5.91 Å². The summed E-state index contributed by atoms with van der Waals surface area (Å²) in [5, 5.41) is 6.82. The van der Waals surface area contributed by atoms with Crippen LogP contribution >= 0.6 is 0 Å². The van der Waals surface area contributed by atoms with Crippen molar-refractivity contribution in [2.24, 2.45) is 0 Å². The number of rotatable bonds is 3. The lowest BCUT2D eigenvalue weighted by atomic mass is 10.0. The van der Waals surface area contributed by atoms with Gasteiger partial charge in [0.25, 0.3) is 0 Å². The fourth-order valence-corrected chi connectivity index (χ4v) is 2.79. The van der Waals surface area contributed by atoms with Gasteiger partial charge in [0.05, 0.1) is 24.0 Å². The zero-order chi connectivity index (χ0) is 14.8. The van der Waals surface area contributed by atoms with Gasteiger partial charge in [-0.1, -0.05) is 12.1 Å². The zero-order valence-electron chi connectivity index (χ0n) is 11.6. The molecule has 1 aliphatic heterocycles. The van der Waals surface area contributed by atoms with E-state index in [4.69, 9.17) is 5.73 Å². The lowest BCUT2D eigenvalue weighted by Gasteiger charge is -2.16. The van der Waals surface area contributed by atoms with Crippen molar-refractivity contribution < 1.29 is 9.18 Å². The van der Waals surface area contributed by atoms with Gasteiger partial charge in [-0.3, -0.25) is 9.89 Å². The Hall–Kier alpha value is -2.37. The Kier molecular flexibility index (Phi) is 3.60. The molecule has 21 heavy (non-hydrogen) atoms. The van der Waals surface area contributed by atoms with Gasteiger partial charge in [0.15, 0.2) is 0 Å². The van der Waals surface area contributed by atoms with Crippen LogP contribution in [0.25, 0.3) is 0 Å². The summed E-state index contributed by atoms with van der Waals surface area (Å²) in [6.45, 7) is 1.32. The van der Waals surface area contributed by atoms with Gasteiger partial charge in [-0.25, -0.2) is 4.39 Å². The molecule has 110 valence electrons. The van der Waals surface area contributed by atoms with E-state index in [2.05, 4.69) is 10.2 Å². The number of likely N-dealkylation sites (tertiary alicyclic amines) is 1. The average molecular weight is 288 g/mol. The maximum absolute atomic E-state index is 13.1. The Morgan fingerprint density at radius 2 is 2.38 bits per heavy atom. The predicted octanol–water partition coefficient (Wildman–Crippen LogP) is 1.69. The minimum atomic E-state index is -0.315. The Labute approximate surface area is 121 Å². The standard InChI is InChI=1S/C15H17FN4O/c16-12-3-1-2-10(6-12)7-14(21)20-5-4-11(9-20)15-13(17)8-18-19-15/h1-3,6,8,11H,4-5,7,9,17H2,(H,18,19). The van der Waals surface area contributed by atoms with E-state index >= 15 is 0 Å². The number of aromatic nitrogens is 2. The van der Waals surface area contributed by atoms with Crippen molar-refractivity contribution in [2.45, 2.75) is 18.8 Å². The second kappa shape index (κ2) is 5.55. The van der Waals surface area contributed by atoms with Crippen molar-refractivity contribution in [1.29, 1.82) is 0 Å². The zero-order valence-corrected chi connectivity index (χ0v) is 11.6. The first-order valence-corrected chi connectivity index (χ1v) is 6.94. The quantitative estimate of drug-likeness (QED) is 0.902. The fraction of sp³-hybridized carbons (Fsp3) is 0.333. The summed E-state index contributed by atoms with van der Waals surface area (Å²) in [5.41, 5.74) is 8.08. The van der Waals surface area contributed by atoms with Gasteiger partial charge >= 0.3 is 0 Å². The number of anilines is 1. The highest BCUT2D eigenvalue weighted by Crippen LogP contribution is 2.29. The molecule has 1 saturated heterocycles. The summed E-state index contributed by atoms with van der Waals surface area (Å²) >= 11 is 0. The summed E-state index contributed by atoms with van der Waals surface area (Å²) in [5.74, 6) is -0.102. The van der Waals surface area contributed by atoms with E-state index in [1.165, 1.54) is 12.1 Å². The normalized spacial score (nSPS) is 18.1. The first-order chi connectivity index (χ1) is 10.1. The molecule has 0 aliphatic carbocycles. The molecule has 3 N–H and O–H groups in total. The number of aromatic amines is 1. The molecule has 6 heteroatoms. The van der Waals surface area contributed by atoms with Crippen LogP contribution in [0.1, 0.15) is 23.6 Å². The van der Waals surface area contributed by atoms with E-state index in [1.807, 2.05) is 0 Å². The Balaban J connectivity index is 1.63. The van der Waals surface area contributed by atoms with E-state index in [0.717, 1.165) is 12.1 Å². The maximum Gasteiger partial charge on any atom is 0.227 e. The van der Waals surface area contributed by atoms with Crippen LogP contribution in [0.3, 0.4) is 0 Å². The highest BCUT2D eigenvalue weighted by Gasteiger charge is 2.29. The molecular formula is C15H17FN4O. The highest BCUT2D eigenvalue weighted by molar-refractivity contribution is 5.79. The highest BCUT2D eigenvalue weighted by atomic mass is 19.1. The number of hydrogen-bond donors (Lipinski definition) is 2. The molecule has 0 radical (unpaired) electrons. The number of carbonyl (C=O) groups excluding carboxylic acids is 1. The van der Waals surface area contributed by atoms with Crippen LogP contribution in [0.2, 0.25) is 0 Å². The molecule has 1 aromatic carbocycles. The number of nitrogens with two attached hydrogens (primary N) is 1. The van der Waals surface area contributed by atoms with Crippen molar-refractivity contribution in [2.75, 3.05) is 18.8 Å². The number of nitrogen functional groups attached to an aromatic ring is 1. The van der Waals surface area contributed by atoms with Crippen LogP contribution in [-0.4, -0.2) is 34.1 Å². The SMILES string of the molecule is Nc1cn[nH]c1C1CCN(C(=O)Cc2cccc(F)c2)C1. The molecule has 1 atom stereocenters. The lowest BCUT2D eigenvalue weighted by Crippen LogP contribution is -2.30. The Morgan fingerprint density at radius 3 is 3.10 bits per heavy atom. The number of benzene rings is 1.